The Morgan fingerprint density at radius 2 is 1.12 bits per heavy atom. The minimum Gasteiger partial charge on any atom is -0.508 e. The molecule has 0 fully saturated rings. The smallest absolute Gasteiger partial charge is 0.151 e. The number of aromatic hydroxyl groups is 3. The largest absolute Gasteiger partial charge is 0.508 e. The number of rotatable bonds is 5. The van der Waals surface area contributed by atoms with Crippen LogP contribution in [0, 0.1) is 34.6 Å². The van der Waals surface area contributed by atoms with E-state index in [1.54, 1.807) is 18.2 Å². The average molecular weight is 456 g/mol. The first-order valence-electron chi connectivity index (χ1n) is 11.1. The lowest BCUT2D eigenvalue weighted by Crippen LogP contribution is -2.14. The molecule has 4 aromatic carbocycles. The Kier molecular flexibility index (Phi) is 6.12. The number of nitrogens with zero attached hydrogens (tertiary/aromatic N) is 1. The maximum absolute atomic E-state index is 10.3. The minimum absolute atomic E-state index is 0.168. The highest BCUT2D eigenvalue weighted by Gasteiger charge is 2.23. The molecule has 5 heteroatoms. The van der Waals surface area contributed by atoms with Gasteiger partial charge in [0.2, 0.25) is 0 Å². The van der Waals surface area contributed by atoms with Crippen molar-refractivity contribution in [1.82, 2.24) is 0 Å². The van der Waals surface area contributed by atoms with Crippen LogP contribution in [0.2, 0.25) is 0 Å². The Labute approximate surface area is 200 Å². The van der Waals surface area contributed by atoms with Crippen LogP contribution in [0.4, 0.5) is 17.1 Å². The maximum Gasteiger partial charge on any atom is 0.151 e. The number of aryl methyl sites for hydroxylation is 1. The lowest BCUT2D eigenvalue weighted by atomic mass is 10.0. The summed E-state index contributed by atoms with van der Waals surface area (Å²) in [6, 6.07) is 20.1. The Morgan fingerprint density at radius 1 is 0.559 bits per heavy atom. The zero-order valence-corrected chi connectivity index (χ0v) is 20.0. The molecule has 0 saturated heterocycles. The van der Waals surface area contributed by atoms with Crippen molar-refractivity contribution in [2.24, 2.45) is 0 Å². The standard InChI is InChI=1S/C29H29NO4/c1-17-10-11-22(16-28(17)33)34-29-9-7-6-8-25(29)30(23-12-14-26(31)20(4)18(23)2)24-13-15-27(32)21(5)19(24)3/h6-16,31-33H,1-5H3. The van der Waals surface area contributed by atoms with E-state index in [2.05, 4.69) is 4.90 Å². The lowest BCUT2D eigenvalue weighted by molar-refractivity contribution is 0.452. The Hall–Kier alpha value is -4.12. The molecule has 174 valence electrons. The number of anilines is 3. The third-order valence-electron chi connectivity index (χ3n) is 6.46. The molecule has 0 spiro atoms. The van der Waals surface area contributed by atoms with Crippen LogP contribution in [0.1, 0.15) is 27.8 Å². The van der Waals surface area contributed by atoms with Gasteiger partial charge in [0.15, 0.2) is 5.75 Å². The first-order chi connectivity index (χ1) is 16.2. The number of benzene rings is 4. The van der Waals surface area contributed by atoms with Crippen LogP contribution in [-0.4, -0.2) is 15.3 Å². The van der Waals surface area contributed by atoms with Crippen LogP contribution in [0.5, 0.6) is 28.7 Å². The Morgan fingerprint density at radius 3 is 1.68 bits per heavy atom. The van der Waals surface area contributed by atoms with Gasteiger partial charge in [-0.2, -0.15) is 0 Å². The third-order valence-corrected chi connectivity index (χ3v) is 6.46. The summed E-state index contributed by atoms with van der Waals surface area (Å²) in [5, 5.41) is 30.7. The first kappa shape index (κ1) is 23.1. The van der Waals surface area contributed by atoms with Crippen LogP contribution >= 0.6 is 0 Å². The second-order valence-corrected chi connectivity index (χ2v) is 8.56. The normalized spacial score (nSPS) is 10.9. The second-order valence-electron chi connectivity index (χ2n) is 8.56. The van der Waals surface area contributed by atoms with E-state index in [4.69, 9.17) is 4.74 Å². The van der Waals surface area contributed by atoms with E-state index in [1.807, 2.05) is 83.1 Å². The van der Waals surface area contributed by atoms with E-state index < -0.39 is 0 Å². The van der Waals surface area contributed by atoms with Gasteiger partial charge >= 0.3 is 0 Å². The monoisotopic (exact) mass is 455 g/mol. The molecule has 3 N–H and O–H groups in total. The van der Waals surface area contributed by atoms with E-state index in [0.717, 1.165) is 44.9 Å². The molecular weight excluding hydrogens is 426 g/mol. The number of hydrogen-bond acceptors (Lipinski definition) is 5. The molecule has 5 nitrogen and oxygen atoms in total. The van der Waals surface area contributed by atoms with Crippen LogP contribution in [-0.2, 0) is 0 Å². The molecule has 0 aliphatic carbocycles. The fourth-order valence-corrected chi connectivity index (χ4v) is 3.97. The van der Waals surface area contributed by atoms with Gasteiger partial charge in [0.1, 0.15) is 23.0 Å². The molecule has 4 rings (SSSR count). The van der Waals surface area contributed by atoms with Crippen LogP contribution in [0.25, 0.3) is 0 Å². The summed E-state index contributed by atoms with van der Waals surface area (Å²) in [6.45, 7) is 9.56. The summed E-state index contributed by atoms with van der Waals surface area (Å²) >= 11 is 0. The number of hydrogen-bond donors (Lipinski definition) is 3. The van der Waals surface area contributed by atoms with Crippen molar-refractivity contribution in [1.29, 1.82) is 0 Å². The third kappa shape index (κ3) is 4.13. The average Bonchev–Trinajstić information content (AvgIpc) is 2.82. The first-order valence-corrected chi connectivity index (χ1v) is 11.1. The van der Waals surface area contributed by atoms with Crippen molar-refractivity contribution >= 4 is 17.1 Å². The fourth-order valence-electron chi connectivity index (χ4n) is 3.97. The summed E-state index contributed by atoms with van der Waals surface area (Å²) in [5.41, 5.74) is 6.74. The van der Waals surface area contributed by atoms with Crippen molar-refractivity contribution < 1.29 is 20.1 Å². The fraction of sp³-hybridized carbons (Fsp3) is 0.172. The summed E-state index contributed by atoms with van der Waals surface area (Å²) < 4.78 is 6.26. The van der Waals surface area contributed by atoms with E-state index >= 15 is 0 Å². The SMILES string of the molecule is Cc1ccc(Oc2ccccc2N(c2ccc(O)c(C)c2C)c2ccc(O)c(C)c2C)cc1O. The molecule has 0 heterocycles. The summed E-state index contributed by atoms with van der Waals surface area (Å²) in [6.07, 6.45) is 0. The molecule has 0 aliphatic rings. The predicted octanol–water partition coefficient (Wildman–Crippen LogP) is 7.61. The number of phenols is 3. The summed E-state index contributed by atoms with van der Waals surface area (Å²) in [7, 11) is 0. The predicted molar refractivity (Wildman–Crippen MR) is 136 cm³/mol. The van der Waals surface area contributed by atoms with Gasteiger partial charge in [0, 0.05) is 17.4 Å². The minimum atomic E-state index is 0.168. The zero-order valence-electron chi connectivity index (χ0n) is 20.0. The van der Waals surface area contributed by atoms with Crippen molar-refractivity contribution in [3.05, 3.63) is 94.5 Å². The molecule has 0 aliphatic heterocycles. The Bertz CT molecular complexity index is 1320. The van der Waals surface area contributed by atoms with E-state index in [-0.39, 0.29) is 17.2 Å². The van der Waals surface area contributed by atoms with Crippen LogP contribution < -0.4 is 9.64 Å². The number of para-hydroxylation sites is 2. The van der Waals surface area contributed by atoms with Gasteiger partial charge < -0.3 is 25.0 Å². The van der Waals surface area contributed by atoms with Gasteiger partial charge in [-0.1, -0.05) is 18.2 Å². The van der Waals surface area contributed by atoms with Crippen LogP contribution in [0.3, 0.4) is 0 Å². The highest BCUT2D eigenvalue weighted by atomic mass is 16.5. The highest BCUT2D eigenvalue weighted by Crippen LogP contribution is 2.46. The quantitative estimate of drug-likeness (QED) is 0.289. The van der Waals surface area contributed by atoms with Gasteiger partial charge in [-0.05, 0) is 105 Å². The summed E-state index contributed by atoms with van der Waals surface area (Å²) in [5.74, 6) is 1.76. The number of phenolic OH excluding ortho intramolecular Hbond substituents is 3. The van der Waals surface area contributed by atoms with Crippen molar-refractivity contribution in [2.45, 2.75) is 34.6 Å². The van der Waals surface area contributed by atoms with E-state index in [1.165, 1.54) is 0 Å². The van der Waals surface area contributed by atoms with Crippen molar-refractivity contribution in [2.75, 3.05) is 4.90 Å². The molecular formula is C29H29NO4. The molecule has 0 radical (unpaired) electrons. The molecule has 0 atom stereocenters. The second kappa shape index (κ2) is 9.02. The molecule has 0 bridgehead atoms. The molecule has 0 amide bonds. The summed E-state index contributed by atoms with van der Waals surface area (Å²) in [4.78, 5) is 2.08. The number of ether oxygens (including phenoxy) is 1. The zero-order chi connectivity index (χ0) is 24.6. The van der Waals surface area contributed by atoms with Crippen molar-refractivity contribution in [3.8, 4) is 28.7 Å². The molecule has 0 unspecified atom stereocenters. The molecule has 0 saturated carbocycles. The van der Waals surface area contributed by atoms with Crippen LogP contribution in [0.15, 0.2) is 66.7 Å². The van der Waals surface area contributed by atoms with E-state index in [9.17, 15) is 15.3 Å². The lowest BCUT2D eigenvalue weighted by Gasteiger charge is -2.31. The Balaban J connectivity index is 1.95. The highest BCUT2D eigenvalue weighted by molar-refractivity contribution is 5.84. The van der Waals surface area contributed by atoms with E-state index in [0.29, 0.717) is 11.5 Å². The van der Waals surface area contributed by atoms with Gasteiger partial charge in [-0.15, -0.1) is 0 Å². The van der Waals surface area contributed by atoms with Gasteiger partial charge in [-0.3, -0.25) is 0 Å². The van der Waals surface area contributed by atoms with Gasteiger partial charge in [-0.25, -0.2) is 0 Å². The topological polar surface area (TPSA) is 73.2 Å². The maximum atomic E-state index is 10.3. The molecule has 4 aromatic rings. The van der Waals surface area contributed by atoms with Gasteiger partial charge in [0.05, 0.1) is 5.69 Å². The molecule has 34 heavy (non-hydrogen) atoms. The van der Waals surface area contributed by atoms with Gasteiger partial charge in [0.25, 0.3) is 0 Å². The van der Waals surface area contributed by atoms with Crippen molar-refractivity contribution in [3.63, 3.8) is 0 Å². The molecule has 0 aromatic heterocycles.